The summed E-state index contributed by atoms with van der Waals surface area (Å²) >= 11 is 6.07. The van der Waals surface area contributed by atoms with Gasteiger partial charge in [-0.25, -0.2) is 0 Å². The molecule has 8 heteroatoms. The first-order chi connectivity index (χ1) is 14.1. The Hall–Kier alpha value is -3.06. The highest BCUT2D eigenvalue weighted by Gasteiger charge is 2.36. The van der Waals surface area contributed by atoms with Gasteiger partial charge in [0.15, 0.2) is 11.5 Å². The fourth-order valence-electron chi connectivity index (χ4n) is 3.48. The van der Waals surface area contributed by atoms with Gasteiger partial charge in [0.25, 0.3) is 0 Å². The van der Waals surface area contributed by atoms with Crippen LogP contribution in [-0.2, 0) is 11.3 Å². The largest absolute Gasteiger partial charge is 0.493 e. The van der Waals surface area contributed by atoms with E-state index in [1.54, 1.807) is 31.3 Å². The molecule has 1 amide bonds. The normalized spacial score (nSPS) is 16.3. The molecule has 2 heterocycles. The molecule has 3 aromatic rings. The SMILES string of the molecule is COc1ccc(-c2noc(C3CCC(=O)N3Cc3cccc(Cl)c3)n2)cc1OC. The Bertz CT molecular complexity index is 1040. The lowest BCUT2D eigenvalue weighted by Gasteiger charge is -2.22. The Morgan fingerprint density at radius 2 is 2.00 bits per heavy atom. The minimum Gasteiger partial charge on any atom is -0.493 e. The van der Waals surface area contributed by atoms with E-state index >= 15 is 0 Å². The number of benzene rings is 2. The molecule has 29 heavy (non-hydrogen) atoms. The first-order valence-corrected chi connectivity index (χ1v) is 9.56. The maximum Gasteiger partial charge on any atom is 0.249 e. The van der Waals surface area contributed by atoms with Gasteiger partial charge in [-0.2, -0.15) is 4.98 Å². The maximum atomic E-state index is 12.5. The van der Waals surface area contributed by atoms with E-state index in [1.165, 1.54) is 0 Å². The van der Waals surface area contributed by atoms with Crippen LogP contribution in [0.3, 0.4) is 0 Å². The molecule has 0 radical (unpaired) electrons. The van der Waals surface area contributed by atoms with Crippen LogP contribution in [0.2, 0.25) is 5.02 Å². The zero-order valence-corrected chi connectivity index (χ0v) is 16.8. The van der Waals surface area contributed by atoms with Crippen molar-refractivity contribution in [3.63, 3.8) is 0 Å². The van der Waals surface area contributed by atoms with E-state index in [2.05, 4.69) is 10.1 Å². The fourth-order valence-corrected chi connectivity index (χ4v) is 3.70. The molecule has 150 valence electrons. The Morgan fingerprint density at radius 1 is 1.17 bits per heavy atom. The molecule has 0 bridgehead atoms. The van der Waals surface area contributed by atoms with Crippen molar-refractivity contribution in [3.05, 3.63) is 58.9 Å². The van der Waals surface area contributed by atoms with Crippen LogP contribution >= 0.6 is 11.6 Å². The summed E-state index contributed by atoms with van der Waals surface area (Å²) in [5, 5.41) is 4.74. The molecule has 0 aliphatic carbocycles. The molecular formula is C21H20ClN3O4. The van der Waals surface area contributed by atoms with E-state index in [0.717, 1.165) is 11.1 Å². The second kappa shape index (κ2) is 8.13. The van der Waals surface area contributed by atoms with Crippen LogP contribution in [0, 0.1) is 0 Å². The van der Waals surface area contributed by atoms with Crippen LogP contribution in [0.4, 0.5) is 0 Å². The third-order valence-corrected chi connectivity index (χ3v) is 5.17. The van der Waals surface area contributed by atoms with Gasteiger partial charge < -0.3 is 18.9 Å². The van der Waals surface area contributed by atoms with Gasteiger partial charge in [-0.3, -0.25) is 4.79 Å². The number of ether oxygens (including phenoxy) is 2. The average Bonchev–Trinajstić information content (AvgIpc) is 3.35. The van der Waals surface area contributed by atoms with Gasteiger partial charge in [-0.05, 0) is 42.3 Å². The highest BCUT2D eigenvalue weighted by molar-refractivity contribution is 6.30. The summed E-state index contributed by atoms with van der Waals surface area (Å²) in [5.74, 6) is 2.11. The van der Waals surface area contributed by atoms with Gasteiger partial charge >= 0.3 is 0 Å². The number of rotatable bonds is 6. The van der Waals surface area contributed by atoms with E-state index in [-0.39, 0.29) is 11.9 Å². The van der Waals surface area contributed by atoms with Crippen LogP contribution in [0.25, 0.3) is 11.4 Å². The Balaban J connectivity index is 1.59. The first-order valence-electron chi connectivity index (χ1n) is 9.19. The smallest absolute Gasteiger partial charge is 0.249 e. The van der Waals surface area contributed by atoms with Gasteiger partial charge in [0.2, 0.25) is 17.6 Å². The lowest BCUT2D eigenvalue weighted by atomic mass is 10.1. The molecule has 7 nitrogen and oxygen atoms in total. The molecule has 1 aliphatic rings. The van der Waals surface area contributed by atoms with Gasteiger partial charge in [0.05, 0.1) is 14.2 Å². The number of hydrogen-bond acceptors (Lipinski definition) is 6. The summed E-state index contributed by atoms with van der Waals surface area (Å²) in [6, 6.07) is 12.6. The number of carbonyl (C=O) groups is 1. The van der Waals surface area contributed by atoms with E-state index in [0.29, 0.717) is 47.6 Å². The second-order valence-electron chi connectivity index (χ2n) is 6.73. The summed E-state index contributed by atoms with van der Waals surface area (Å²) in [5.41, 5.74) is 1.70. The van der Waals surface area contributed by atoms with Crippen molar-refractivity contribution in [3.8, 4) is 22.9 Å². The predicted octanol–water partition coefficient (Wildman–Crippen LogP) is 4.27. The molecule has 2 aromatic carbocycles. The topological polar surface area (TPSA) is 77.7 Å². The summed E-state index contributed by atoms with van der Waals surface area (Å²) in [4.78, 5) is 18.8. The van der Waals surface area contributed by atoms with Gasteiger partial charge in [-0.1, -0.05) is 28.9 Å². The lowest BCUT2D eigenvalue weighted by Crippen LogP contribution is -2.27. The average molecular weight is 414 g/mol. The fraction of sp³-hybridized carbons (Fsp3) is 0.286. The first kappa shape index (κ1) is 19.3. The number of aromatic nitrogens is 2. The zero-order valence-electron chi connectivity index (χ0n) is 16.1. The van der Waals surface area contributed by atoms with Crippen LogP contribution < -0.4 is 9.47 Å². The number of halogens is 1. The number of amides is 1. The van der Waals surface area contributed by atoms with Gasteiger partial charge in [0, 0.05) is 23.6 Å². The van der Waals surface area contributed by atoms with Crippen LogP contribution in [0.1, 0.15) is 30.3 Å². The summed E-state index contributed by atoms with van der Waals surface area (Å²) in [7, 11) is 3.15. The molecule has 0 spiro atoms. The van der Waals surface area contributed by atoms with Crippen LogP contribution in [0.5, 0.6) is 11.5 Å². The van der Waals surface area contributed by atoms with Crippen molar-refractivity contribution in [2.75, 3.05) is 14.2 Å². The number of methoxy groups -OCH3 is 2. The standard InChI is InChI=1S/C21H20ClN3O4/c1-27-17-8-6-14(11-18(17)28-2)20-23-21(29-24-20)16-7-9-19(26)25(16)12-13-4-3-5-15(22)10-13/h3-6,8,10-11,16H,7,9,12H2,1-2H3. The van der Waals surface area contributed by atoms with Crippen LogP contribution in [0.15, 0.2) is 47.0 Å². The summed E-state index contributed by atoms with van der Waals surface area (Å²) < 4.78 is 16.1. The van der Waals surface area contributed by atoms with Crippen molar-refractivity contribution in [1.29, 1.82) is 0 Å². The maximum absolute atomic E-state index is 12.5. The van der Waals surface area contributed by atoms with E-state index in [1.807, 2.05) is 30.3 Å². The Kier molecular flexibility index (Phi) is 5.40. The Morgan fingerprint density at radius 3 is 2.76 bits per heavy atom. The monoisotopic (exact) mass is 413 g/mol. The van der Waals surface area contributed by atoms with Crippen molar-refractivity contribution in [2.45, 2.75) is 25.4 Å². The molecule has 1 atom stereocenters. The zero-order chi connectivity index (χ0) is 20.4. The van der Waals surface area contributed by atoms with Crippen molar-refractivity contribution < 1.29 is 18.8 Å². The highest BCUT2D eigenvalue weighted by Crippen LogP contribution is 2.36. The van der Waals surface area contributed by atoms with Crippen molar-refractivity contribution in [2.24, 2.45) is 0 Å². The summed E-state index contributed by atoms with van der Waals surface area (Å²) in [6.45, 7) is 0.443. The number of hydrogen-bond donors (Lipinski definition) is 0. The summed E-state index contributed by atoms with van der Waals surface area (Å²) in [6.07, 6.45) is 1.08. The minimum atomic E-state index is -0.261. The third-order valence-electron chi connectivity index (χ3n) is 4.94. The quantitative estimate of drug-likeness (QED) is 0.600. The molecule has 1 aliphatic heterocycles. The minimum absolute atomic E-state index is 0.0563. The number of nitrogens with zero attached hydrogens (tertiary/aromatic N) is 3. The van der Waals surface area contributed by atoms with Gasteiger partial charge in [-0.15, -0.1) is 0 Å². The van der Waals surface area contributed by atoms with E-state index in [4.69, 9.17) is 25.6 Å². The van der Waals surface area contributed by atoms with Crippen molar-refractivity contribution >= 4 is 17.5 Å². The van der Waals surface area contributed by atoms with E-state index in [9.17, 15) is 4.79 Å². The number of likely N-dealkylation sites (tertiary alicyclic amines) is 1. The molecule has 1 saturated heterocycles. The molecule has 4 rings (SSSR count). The molecule has 1 aromatic heterocycles. The van der Waals surface area contributed by atoms with Crippen LogP contribution in [-0.4, -0.2) is 35.2 Å². The predicted molar refractivity (Wildman–Crippen MR) is 107 cm³/mol. The molecule has 0 N–H and O–H groups in total. The van der Waals surface area contributed by atoms with Gasteiger partial charge in [0.1, 0.15) is 6.04 Å². The lowest BCUT2D eigenvalue weighted by molar-refractivity contribution is -0.129. The number of carbonyl (C=O) groups excluding carboxylic acids is 1. The molecule has 0 saturated carbocycles. The third kappa shape index (κ3) is 3.91. The van der Waals surface area contributed by atoms with E-state index < -0.39 is 0 Å². The molecule has 1 unspecified atom stereocenters. The van der Waals surface area contributed by atoms with Crippen molar-refractivity contribution in [1.82, 2.24) is 15.0 Å². The Labute approximate surface area is 173 Å². The molecule has 1 fully saturated rings. The highest BCUT2D eigenvalue weighted by atomic mass is 35.5. The molecular weight excluding hydrogens is 394 g/mol. The second-order valence-corrected chi connectivity index (χ2v) is 7.17.